The molecule has 34 heavy (non-hydrogen) atoms. The van der Waals surface area contributed by atoms with Crippen molar-refractivity contribution >= 4 is 27.5 Å². The van der Waals surface area contributed by atoms with Gasteiger partial charge in [-0.1, -0.05) is 27.2 Å². The Balaban J connectivity index is 1.14. The largest absolute Gasteiger partial charge is 0.339 e. The van der Waals surface area contributed by atoms with Crippen LogP contribution in [0, 0.1) is 16.7 Å². The number of benzene rings is 1. The number of nitrogens with zero attached hydrogens (tertiary/aromatic N) is 3. The third-order valence-electron chi connectivity index (χ3n) is 9.95. The Morgan fingerprint density at radius 2 is 1.85 bits per heavy atom. The van der Waals surface area contributed by atoms with Crippen LogP contribution in [0.1, 0.15) is 88.3 Å². The topological polar surface area (TPSA) is 59.2 Å². The van der Waals surface area contributed by atoms with Crippen molar-refractivity contribution in [3.8, 4) is 0 Å². The minimum atomic E-state index is -0.814. The van der Waals surface area contributed by atoms with E-state index >= 15 is 0 Å². The van der Waals surface area contributed by atoms with Gasteiger partial charge in [0.1, 0.15) is 6.17 Å². The molecule has 0 spiro atoms. The number of alkyl halides is 1. The van der Waals surface area contributed by atoms with Crippen LogP contribution in [-0.2, 0) is 10.2 Å². The average molecular weight is 528 g/mol. The third-order valence-corrected chi connectivity index (χ3v) is 10.4. The van der Waals surface area contributed by atoms with Crippen molar-refractivity contribution in [3.05, 3.63) is 40.5 Å². The highest BCUT2D eigenvalue weighted by Gasteiger charge is 2.62. The molecule has 9 rings (SSSR count). The molecule has 1 aromatic heterocycles. The lowest BCUT2D eigenvalue weighted by molar-refractivity contribution is -0.132. The van der Waals surface area contributed by atoms with Crippen LogP contribution in [0.15, 0.2) is 33.3 Å². The molecule has 0 radical (unpaired) electrons. The highest BCUT2D eigenvalue weighted by Crippen LogP contribution is 2.62. The Kier molecular flexibility index (Phi) is 4.67. The number of hydrogen-bond acceptors (Lipinski definition) is 4. The maximum absolute atomic E-state index is 14.4. The Labute approximate surface area is 208 Å². The fourth-order valence-corrected chi connectivity index (χ4v) is 7.88. The Morgan fingerprint density at radius 3 is 2.47 bits per heavy atom. The molecule has 1 heterocycles. The van der Waals surface area contributed by atoms with E-state index in [2.05, 4.69) is 21.1 Å². The molecule has 0 N–H and O–H groups in total. The molecular weight excluding hydrogens is 497 g/mol. The summed E-state index contributed by atoms with van der Waals surface area (Å²) in [5, 5.41) is 4.29. The lowest BCUT2D eigenvalue weighted by Crippen LogP contribution is -2.54. The van der Waals surface area contributed by atoms with Crippen LogP contribution in [0.2, 0.25) is 0 Å². The Hall–Kier alpha value is -1.76. The number of hydrogen-bond donors (Lipinski definition) is 0. The van der Waals surface area contributed by atoms with Gasteiger partial charge in [-0.05, 0) is 100 Å². The normalized spacial score (nSPS) is 38.1. The zero-order chi connectivity index (χ0) is 23.1. The number of carbonyl (C=O) groups excluding carboxylic acids is 1. The Bertz CT molecular complexity index is 1110. The summed E-state index contributed by atoms with van der Waals surface area (Å²) in [6, 6.07) is 8.05. The molecule has 1 unspecified atom stereocenters. The number of amides is 1. The van der Waals surface area contributed by atoms with E-state index in [4.69, 9.17) is 9.51 Å². The SMILES string of the molecule is O=C(N(CC12CCC(c3nc(C4CC4)no3)(CC1)CC2)c1cccc(Br)c1)C12CC(F)C(C1)C2. The predicted molar refractivity (Wildman–Crippen MR) is 129 cm³/mol. The lowest BCUT2D eigenvalue weighted by Gasteiger charge is -2.54. The number of rotatable bonds is 6. The first-order valence-corrected chi connectivity index (χ1v) is 13.7. The zero-order valence-corrected chi connectivity index (χ0v) is 21.0. The van der Waals surface area contributed by atoms with Crippen LogP contribution in [0.3, 0.4) is 0 Å². The molecule has 0 saturated heterocycles. The minimum Gasteiger partial charge on any atom is -0.339 e. The van der Waals surface area contributed by atoms with E-state index in [1.165, 1.54) is 12.8 Å². The molecule has 7 aliphatic rings. The summed E-state index contributed by atoms with van der Waals surface area (Å²) in [5.74, 6) is 2.49. The van der Waals surface area contributed by atoms with Crippen molar-refractivity contribution in [2.24, 2.45) is 16.7 Å². The smallest absolute Gasteiger partial charge is 0.233 e. The molecule has 1 atom stereocenters. The second kappa shape index (κ2) is 7.37. The summed E-state index contributed by atoms with van der Waals surface area (Å²) in [6.45, 7) is 0.721. The maximum Gasteiger partial charge on any atom is 0.233 e. The first kappa shape index (κ1) is 21.5. The molecule has 4 bridgehead atoms. The van der Waals surface area contributed by atoms with Crippen LogP contribution < -0.4 is 4.90 Å². The first-order chi connectivity index (χ1) is 16.4. The van der Waals surface area contributed by atoms with Gasteiger partial charge in [0, 0.05) is 28.0 Å². The van der Waals surface area contributed by atoms with E-state index in [0.717, 1.165) is 66.9 Å². The van der Waals surface area contributed by atoms with Crippen molar-refractivity contribution in [1.29, 1.82) is 0 Å². The fourth-order valence-electron chi connectivity index (χ4n) is 7.49. The molecule has 1 amide bonds. The molecule has 7 saturated carbocycles. The van der Waals surface area contributed by atoms with Gasteiger partial charge in [-0.3, -0.25) is 4.79 Å². The van der Waals surface area contributed by atoms with Gasteiger partial charge in [-0.15, -0.1) is 0 Å². The predicted octanol–water partition coefficient (Wildman–Crippen LogP) is 6.47. The van der Waals surface area contributed by atoms with E-state index < -0.39 is 11.6 Å². The van der Waals surface area contributed by atoms with E-state index in [9.17, 15) is 9.18 Å². The summed E-state index contributed by atoms with van der Waals surface area (Å²) in [4.78, 5) is 20.8. The standard InChI is InChI=1S/C27H31BrFN3O2/c28-19-2-1-3-20(12-19)32(24(33)27-13-18(14-27)21(29)15-27)16-25-6-9-26(10-7-25,11-8-25)23-30-22(31-34-23)17-4-5-17/h1-3,12,17-18,21H,4-11,13-16H2. The number of anilines is 1. The molecule has 7 aliphatic carbocycles. The van der Waals surface area contributed by atoms with Crippen molar-refractivity contribution < 1.29 is 13.7 Å². The second-order valence-electron chi connectivity index (χ2n) is 12.1. The van der Waals surface area contributed by atoms with Crippen molar-refractivity contribution in [1.82, 2.24) is 10.1 Å². The van der Waals surface area contributed by atoms with Crippen molar-refractivity contribution in [3.63, 3.8) is 0 Å². The number of halogens is 2. The third kappa shape index (κ3) is 3.25. The van der Waals surface area contributed by atoms with Crippen LogP contribution in [0.4, 0.5) is 10.1 Å². The van der Waals surface area contributed by atoms with Gasteiger partial charge in [-0.2, -0.15) is 4.98 Å². The molecule has 5 nitrogen and oxygen atoms in total. The number of fused-ring (bicyclic) bond motifs is 4. The van der Waals surface area contributed by atoms with Gasteiger partial charge in [0.2, 0.25) is 11.8 Å². The van der Waals surface area contributed by atoms with Gasteiger partial charge in [0.15, 0.2) is 5.82 Å². The molecule has 0 aliphatic heterocycles. The summed E-state index contributed by atoms with van der Waals surface area (Å²) in [5.41, 5.74) is 0.563. The van der Waals surface area contributed by atoms with Gasteiger partial charge in [0.25, 0.3) is 0 Å². The lowest BCUT2D eigenvalue weighted by atomic mass is 9.53. The molecule has 2 aromatic rings. The average Bonchev–Trinajstić information content (AvgIpc) is 3.31. The maximum atomic E-state index is 14.4. The molecule has 1 aromatic carbocycles. The molecule has 7 fully saturated rings. The minimum absolute atomic E-state index is 0.0132. The van der Waals surface area contributed by atoms with Crippen molar-refractivity contribution in [2.75, 3.05) is 11.4 Å². The zero-order valence-electron chi connectivity index (χ0n) is 19.4. The summed E-state index contributed by atoms with van der Waals surface area (Å²) < 4.78 is 21.1. The monoisotopic (exact) mass is 527 g/mol. The summed E-state index contributed by atoms with van der Waals surface area (Å²) in [7, 11) is 0. The van der Waals surface area contributed by atoms with Crippen molar-refractivity contribution in [2.45, 2.75) is 88.1 Å². The summed E-state index contributed by atoms with van der Waals surface area (Å²) in [6.07, 6.45) is 9.69. The Morgan fingerprint density at radius 1 is 1.12 bits per heavy atom. The number of aromatic nitrogens is 2. The highest BCUT2D eigenvalue weighted by atomic mass is 79.9. The van der Waals surface area contributed by atoms with Crippen LogP contribution in [0.25, 0.3) is 0 Å². The number of carbonyl (C=O) groups is 1. The molecule has 180 valence electrons. The van der Waals surface area contributed by atoms with Gasteiger partial charge in [-0.25, -0.2) is 4.39 Å². The van der Waals surface area contributed by atoms with Crippen LogP contribution in [-0.4, -0.2) is 28.8 Å². The fraction of sp³-hybridized carbons (Fsp3) is 0.667. The van der Waals surface area contributed by atoms with Crippen LogP contribution >= 0.6 is 15.9 Å². The first-order valence-electron chi connectivity index (χ1n) is 13.0. The van der Waals surface area contributed by atoms with E-state index in [0.29, 0.717) is 25.2 Å². The van der Waals surface area contributed by atoms with E-state index in [-0.39, 0.29) is 22.7 Å². The van der Waals surface area contributed by atoms with E-state index in [1.54, 1.807) is 0 Å². The van der Waals surface area contributed by atoms with Gasteiger partial charge in [0.05, 0.1) is 5.41 Å². The van der Waals surface area contributed by atoms with Crippen LogP contribution in [0.5, 0.6) is 0 Å². The second-order valence-corrected chi connectivity index (χ2v) is 13.0. The summed E-state index contributed by atoms with van der Waals surface area (Å²) >= 11 is 3.59. The van der Waals surface area contributed by atoms with E-state index in [1.807, 2.05) is 29.2 Å². The molecular formula is C27H31BrFN3O2. The highest BCUT2D eigenvalue weighted by molar-refractivity contribution is 9.10. The molecule has 7 heteroatoms. The van der Waals surface area contributed by atoms with Gasteiger partial charge >= 0.3 is 0 Å². The van der Waals surface area contributed by atoms with Gasteiger partial charge < -0.3 is 9.42 Å². The quantitative estimate of drug-likeness (QED) is 0.431.